The van der Waals surface area contributed by atoms with E-state index in [-0.39, 0.29) is 13.0 Å². The highest BCUT2D eigenvalue weighted by atomic mass is 16.5. The summed E-state index contributed by atoms with van der Waals surface area (Å²) in [6.07, 6.45) is -0.644. The van der Waals surface area contributed by atoms with Crippen LogP contribution in [0, 0.1) is 0 Å². The number of aliphatic carboxylic acids is 1. The van der Waals surface area contributed by atoms with Crippen LogP contribution in [0.3, 0.4) is 0 Å². The van der Waals surface area contributed by atoms with Crippen molar-refractivity contribution in [3.63, 3.8) is 0 Å². The number of carbonyl (C=O) groups is 1. The van der Waals surface area contributed by atoms with Gasteiger partial charge in [-0.15, -0.1) is 0 Å². The second-order valence-electron chi connectivity index (χ2n) is 4.79. The molecule has 5 nitrogen and oxygen atoms in total. The topological polar surface area (TPSA) is 78.8 Å². The molecule has 21 heavy (non-hydrogen) atoms. The van der Waals surface area contributed by atoms with Crippen molar-refractivity contribution in [2.75, 3.05) is 19.7 Å². The van der Waals surface area contributed by atoms with Crippen molar-refractivity contribution in [2.45, 2.75) is 12.5 Å². The van der Waals surface area contributed by atoms with E-state index >= 15 is 0 Å². The molecule has 0 bridgehead atoms. The Balaban J connectivity index is 1.83. The summed E-state index contributed by atoms with van der Waals surface area (Å²) in [6.45, 7) is 0.798. The van der Waals surface area contributed by atoms with Crippen LogP contribution in [0.1, 0.15) is 6.42 Å². The van der Waals surface area contributed by atoms with Gasteiger partial charge in [-0.05, 0) is 11.5 Å². The number of nitrogens with one attached hydrogen (secondary N) is 1. The molecular weight excluding hydrogens is 270 g/mol. The van der Waals surface area contributed by atoms with Gasteiger partial charge in [-0.25, -0.2) is 0 Å². The van der Waals surface area contributed by atoms with Crippen molar-refractivity contribution in [3.05, 3.63) is 42.5 Å². The average molecular weight is 289 g/mol. The molecule has 0 aliphatic heterocycles. The molecule has 2 rings (SSSR count). The van der Waals surface area contributed by atoms with Crippen LogP contribution in [-0.4, -0.2) is 42.0 Å². The number of hydrogen-bond donors (Lipinski definition) is 3. The molecule has 0 saturated carbocycles. The fourth-order valence-electron chi connectivity index (χ4n) is 2.03. The molecular formula is C16H19NO4. The number of carboxylic acid groups (broad SMARTS) is 1. The van der Waals surface area contributed by atoms with E-state index in [1.807, 2.05) is 42.5 Å². The maximum Gasteiger partial charge on any atom is 0.304 e. The number of carboxylic acids is 1. The predicted molar refractivity (Wildman–Crippen MR) is 80.6 cm³/mol. The first-order valence-corrected chi connectivity index (χ1v) is 6.88. The van der Waals surface area contributed by atoms with Crippen LogP contribution in [0.25, 0.3) is 10.8 Å². The highest BCUT2D eigenvalue weighted by molar-refractivity contribution is 5.88. The third kappa shape index (κ3) is 4.73. The van der Waals surface area contributed by atoms with Crippen molar-refractivity contribution >= 4 is 16.7 Å². The standard InChI is InChI=1S/C16H19NO4/c18-13(10-17-9-8-16(19)20)11-21-15-7-3-5-12-4-1-2-6-14(12)15/h1-7,13,17-18H,8-11H2,(H,19,20)/t13-/m0/s1. The Morgan fingerprint density at radius 2 is 1.95 bits per heavy atom. The normalized spacial score (nSPS) is 12.2. The van der Waals surface area contributed by atoms with Crippen molar-refractivity contribution in [1.82, 2.24) is 5.32 Å². The minimum atomic E-state index is -0.857. The van der Waals surface area contributed by atoms with Gasteiger partial charge in [-0.2, -0.15) is 0 Å². The summed E-state index contributed by atoms with van der Waals surface area (Å²) >= 11 is 0. The van der Waals surface area contributed by atoms with Crippen molar-refractivity contribution in [1.29, 1.82) is 0 Å². The van der Waals surface area contributed by atoms with Crippen LogP contribution in [0.2, 0.25) is 0 Å². The fraction of sp³-hybridized carbons (Fsp3) is 0.312. The maximum atomic E-state index is 10.4. The molecule has 0 fully saturated rings. The minimum Gasteiger partial charge on any atom is -0.490 e. The molecule has 0 heterocycles. The summed E-state index contributed by atoms with van der Waals surface area (Å²) in [7, 11) is 0. The van der Waals surface area contributed by atoms with Crippen molar-refractivity contribution < 1.29 is 19.7 Å². The first-order valence-electron chi connectivity index (χ1n) is 6.88. The Morgan fingerprint density at radius 3 is 2.76 bits per heavy atom. The highest BCUT2D eigenvalue weighted by Gasteiger charge is 2.07. The fourth-order valence-corrected chi connectivity index (χ4v) is 2.03. The summed E-state index contributed by atoms with van der Waals surface area (Å²) in [5.74, 6) is -0.123. The molecule has 5 heteroatoms. The van der Waals surface area contributed by atoms with Crippen molar-refractivity contribution in [2.24, 2.45) is 0 Å². The Kier molecular flexibility index (Phi) is 5.54. The molecule has 0 aromatic heterocycles. The van der Waals surface area contributed by atoms with Gasteiger partial charge in [0.1, 0.15) is 18.5 Å². The molecule has 0 amide bonds. The van der Waals surface area contributed by atoms with Crippen LogP contribution in [0.15, 0.2) is 42.5 Å². The first-order chi connectivity index (χ1) is 10.2. The molecule has 0 unspecified atom stereocenters. The van der Waals surface area contributed by atoms with Gasteiger partial charge in [0.25, 0.3) is 0 Å². The lowest BCUT2D eigenvalue weighted by atomic mass is 10.1. The van der Waals surface area contributed by atoms with Gasteiger partial charge in [-0.1, -0.05) is 36.4 Å². The second kappa shape index (κ2) is 7.61. The zero-order valence-electron chi connectivity index (χ0n) is 11.7. The Morgan fingerprint density at radius 1 is 1.19 bits per heavy atom. The van der Waals surface area contributed by atoms with E-state index in [1.165, 1.54) is 0 Å². The SMILES string of the molecule is O=C(O)CCNC[C@H](O)COc1cccc2ccccc12. The van der Waals surface area contributed by atoms with E-state index < -0.39 is 12.1 Å². The second-order valence-corrected chi connectivity index (χ2v) is 4.79. The smallest absolute Gasteiger partial charge is 0.304 e. The van der Waals surface area contributed by atoms with Crippen LogP contribution in [0.5, 0.6) is 5.75 Å². The zero-order valence-corrected chi connectivity index (χ0v) is 11.7. The zero-order chi connectivity index (χ0) is 15.1. The van der Waals surface area contributed by atoms with Gasteiger partial charge >= 0.3 is 5.97 Å². The summed E-state index contributed by atoms with van der Waals surface area (Å²) in [5, 5.41) is 23.3. The van der Waals surface area contributed by atoms with Crippen LogP contribution < -0.4 is 10.1 Å². The largest absolute Gasteiger partial charge is 0.490 e. The molecule has 0 aliphatic rings. The van der Waals surface area contributed by atoms with Gasteiger partial charge in [0, 0.05) is 18.5 Å². The molecule has 1 atom stereocenters. The molecule has 0 radical (unpaired) electrons. The summed E-state index contributed by atoms with van der Waals surface area (Å²) < 4.78 is 5.65. The third-order valence-electron chi connectivity index (χ3n) is 3.08. The van der Waals surface area contributed by atoms with E-state index in [9.17, 15) is 9.90 Å². The number of aliphatic hydroxyl groups excluding tert-OH is 1. The number of hydrogen-bond acceptors (Lipinski definition) is 4. The summed E-state index contributed by atoms with van der Waals surface area (Å²) in [4.78, 5) is 10.4. The molecule has 112 valence electrons. The predicted octanol–water partition coefficient (Wildman–Crippen LogP) is 1.64. The van der Waals surface area contributed by atoms with Gasteiger partial charge in [0.05, 0.1) is 6.42 Å². The number of aliphatic hydroxyl groups is 1. The highest BCUT2D eigenvalue weighted by Crippen LogP contribution is 2.25. The van der Waals surface area contributed by atoms with E-state index in [1.54, 1.807) is 0 Å². The third-order valence-corrected chi connectivity index (χ3v) is 3.08. The van der Waals surface area contributed by atoms with Gasteiger partial charge in [0.2, 0.25) is 0 Å². The average Bonchev–Trinajstić information content (AvgIpc) is 2.49. The van der Waals surface area contributed by atoms with Gasteiger partial charge in [-0.3, -0.25) is 4.79 Å². The lowest BCUT2D eigenvalue weighted by Gasteiger charge is -2.14. The molecule has 0 saturated heterocycles. The van der Waals surface area contributed by atoms with Crippen molar-refractivity contribution in [3.8, 4) is 5.75 Å². The van der Waals surface area contributed by atoms with E-state index in [0.29, 0.717) is 13.1 Å². The molecule has 2 aromatic rings. The molecule has 0 spiro atoms. The van der Waals surface area contributed by atoms with E-state index in [0.717, 1.165) is 16.5 Å². The quantitative estimate of drug-likeness (QED) is 0.644. The summed E-state index contributed by atoms with van der Waals surface area (Å²) in [6, 6.07) is 13.7. The molecule has 3 N–H and O–H groups in total. The lowest BCUT2D eigenvalue weighted by Crippen LogP contribution is -2.32. The number of ether oxygens (including phenoxy) is 1. The van der Waals surface area contributed by atoms with Crippen LogP contribution in [0.4, 0.5) is 0 Å². The molecule has 0 aliphatic carbocycles. The Bertz CT molecular complexity index is 594. The summed E-state index contributed by atoms with van der Waals surface area (Å²) in [5.41, 5.74) is 0. The Labute approximate surface area is 123 Å². The van der Waals surface area contributed by atoms with Gasteiger partial charge < -0.3 is 20.3 Å². The van der Waals surface area contributed by atoms with Crippen LogP contribution >= 0.6 is 0 Å². The lowest BCUT2D eigenvalue weighted by molar-refractivity contribution is -0.136. The number of rotatable bonds is 8. The Hall–Kier alpha value is -2.11. The van der Waals surface area contributed by atoms with Gasteiger partial charge in [0.15, 0.2) is 0 Å². The first kappa shape index (κ1) is 15.3. The number of fused-ring (bicyclic) bond motifs is 1. The van der Waals surface area contributed by atoms with E-state index in [4.69, 9.17) is 9.84 Å². The monoisotopic (exact) mass is 289 g/mol. The molecule has 2 aromatic carbocycles. The van der Waals surface area contributed by atoms with Crippen LogP contribution in [-0.2, 0) is 4.79 Å². The number of benzene rings is 2. The minimum absolute atomic E-state index is 0.0386. The maximum absolute atomic E-state index is 10.4. The van der Waals surface area contributed by atoms with E-state index in [2.05, 4.69) is 5.32 Å².